The Hall–Kier alpha value is -1.45. The molecule has 2 heterocycles. The molecule has 0 aliphatic carbocycles. The van der Waals surface area contributed by atoms with Crippen molar-refractivity contribution >= 4 is 23.5 Å². The van der Waals surface area contributed by atoms with E-state index in [2.05, 4.69) is 24.1 Å². The van der Waals surface area contributed by atoms with Gasteiger partial charge in [-0.05, 0) is 44.7 Å². The largest absolute Gasteiger partial charge is 0.398 e. The van der Waals surface area contributed by atoms with Crippen LogP contribution in [0.2, 0.25) is 0 Å². The van der Waals surface area contributed by atoms with Crippen LogP contribution in [0.4, 0.5) is 23.7 Å². The Bertz CT molecular complexity index is 701. The first-order valence-corrected chi connectivity index (χ1v) is 11.4. The number of hydrogen-bond donors (Lipinski definition) is 1. The lowest BCUT2D eigenvalue weighted by Gasteiger charge is -2.39. The van der Waals surface area contributed by atoms with Crippen molar-refractivity contribution in [2.24, 2.45) is 5.92 Å². The fourth-order valence-corrected chi connectivity index (χ4v) is 4.94. The number of carbonyl (C=O) groups excluding carboxylic acids is 1. The maximum Gasteiger partial charge on any atom is 0.398 e. The van der Waals surface area contributed by atoms with Gasteiger partial charge in [-0.1, -0.05) is 12.1 Å². The summed E-state index contributed by atoms with van der Waals surface area (Å²) in [7, 11) is 0. The third kappa shape index (κ3) is 7.06. The van der Waals surface area contributed by atoms with E-state index in [0.717, 1.165) is 32.5 Å². The Morgan fingerprint density at radius 1 is 1.17 bits per heavy atom. The van der Waals surface area contributed by atoms with Crippen molar-refractivity contribution in [3.63, 3.8) is 0 Å². The highest BCUT2D eigenvalue weighted by Gasteiger charge is 2.29. The number of halogens is 3. The van der Waals surface area contributed by atoms with Crippen LogP contribution in [0, 0.1) is 5.92 Å². The van der Waals surface area contributed by atoms with Crippen LogP contribution in [0.5, 0.6) is 0 Å². The number of ether oxygens (including phenoxy) is 1. The highest BCUT2D eigenvalue weighted by atomic mass is 32.2. The molecule has 0 spiro atoms. The zero-order valence-electron chi connectivity index (χ0n) is 17.5. The molecule has 2 saturated heterocycles. The van der Waals surface area contributed by atoms with Gasteiger partial charge in [0, 0.05) is 37.6 Å². The van der Waals surface area contributed by atoms with Gasteiger partial charge in [-0.15, -0.1) is 11.8 Å². The van der Waals surface area contributed by atoms with Gasteiger partial charge in [0.25, 0.3) is 0 Å². The quantitative estimate of drug-likeness (QED) is 0.668. The van der Waals surface area contributed by atoms with Crippen molar-refractivity contribution < 1.29 is 22.7 Å². The molecule has 1 aromatic rings. The first-order chi connectivity index (χ1) is 14.2. The van der Waals surface area contributed by atoms with Gasteiger partial charge in [-0.3, -0.25) is 4.90 Å². The van der Waals surface area contributed by atoms with E-state index in [4.69, 9.17) is 4.74 Å². The smallest absolute Gasteiger partial charge is 0.373 e. The molecule has 0 bridgehead atoms. The van der Waals surface area contributed by atoms with Crippen molar-refractivity contribution in [3.05, 3.63) is 24.3 Å². The van der Waals surface area contributed by atoms with Crippen LogP contribution >= 0.6 is 11.8 Å². The second-order valence-electron chi connectivity index (χ2n) is 8.24. The summed E-state index contributed by atoms with van der Waals surface area (Å²) in [6, 6.07) is 6.38. The van der Waals surface area contributed by atoms with Gasteiger partial charge in [0.2, 0.25) is 0 Å². The number of alkyl halides is 3. The number of urea groups is 1. The SMILES string of the molecule is CC1CN(CC2CCN(C(=O)Nc3ccccc3SCC(F)(F)F)CC2)CC(C)O1. The van der Waals surface area contributed by atoms with E-state index in [1.54, 1.807) is 29.2 Å². The van der Waals surface area contributed by atoms with Gasteiger partial charge in [-0.25, -0.2) is 4.79 Å². The third-order valence-electron chi connectivity index (χ3n) is 5.43. The molecule has 30 heavy (non-hydrogen) atoms. The molecule has 2 atom stereocenters. The van der Waals surface area contributed by atoms with Crippen LogP contribution in [0.25, 0.3) is 0 Å². The topological polar surface area (TPSA) is 44.8 Å². The maximum absolute atomic E-state index is 12.7. The van der Waals surface area contributed by atoms with Gasteiger partial charge >= 0.3 is 12.2 Å². The van der Waals surface area contributed by atoms with Crippen molar-refractivity contribution in [2.75, 3.05) is 43.8 Å². The minimum atomic E-state index is -4.25. The number of nitrogens with zero attached hydrogens (tertiary/aromatic N) is 2. The average molecular weight is 446 g/mol. The summed E-state index contributed by atoms with van der Waals surface area (Å²) < 4.78 is 43.4. The van der Waals surface area contributed by atoms with E-state index in [-0.39, 0.29) is 18.2 Å². The molecule has 2 unspecified atom stereocenters. The van der Waals surface area contributed by atoms with E-state index >= 15 is 0 Å². The molecule has 2 aliphatic heterocycles. The fraction of sp³-hybridized carbons (Fsp3) is 0.667. The monoisotopic (exact) mass is 445 g/mol. The van der Waals surface area contributed by atoms with Gasteiger partial charge in [-0.2, -0.15) is 13.2 Å². The summed E-state index contributed by atoms with van der Waals surface area (Å²) >= 11 is 0.689. The molecule has 1 N–H and O–H groups in total. The number of thioether (sulfide) groups is 1. The number of nitrogens with one attached hydrogen (secondary N) is 1. The van der Waals surface area contributed by atoms with Crippen molar-refractivity contribution in [1.29, 1.82) is 0 Å². The number of carbonyl (C=O) groups is 1. The molecule has 1 aromatic carbocycles. The molecule has 2 aliphatic rings. The van der Waals surface area contributed by atoms with E-state index in [1.807, 2.05) is 0 Å². The predicted molar refractivity (Wildman–Crippen MR) is 113 cm³/mol. The number of likely N-dealkylation sites (tertiary alicyclic amines) is 1. The molecule has 2 fully saturated rings. The third-order valence-corrected chi connectivity index (χ3v) is 6.57. The second-order valence-corrected chi connectivity index (χ2v) is 9.25. The van der Waals surface area contributed by atoms with Gasteiger partial charge in [0.05, 0.1) is 23.6 Å². The minimum Gasteiger partial charge on any atom is -0.373 e. The molecular weight excluding hydrogens is 415 g/mol. The van der Waals surface area contributed by atoms with Gasteiger partial charge in [0.15, 0.2) is 0 Å². The molecule has 5 nitrogen and oxygen atoms in total. The number of rotatable bonds is 5. The number of anilines is 1. The van der Waals surface area contributed by atoms with Gasteiger partial charge in [0.1, 0.15) is 0 Å². The summed E-state index contributed by atoms with van der Waals surface area (Å²) in [5.74, 6) is -0.439. The van der Waals surface area contributed by atoms with Crippen molar-refractivity contribution in [1.82, 2.24) is 9.80 Å². The van der Waals surface area contributed by atoms with E-state index in [1.165, 1.54) is 0 Å². The molecule has 2 amide bonds. The number of piperidine rings is 1. The Kier molecular flexibility index (Phi) is 7.92. The van der Waals surface area contributed by atoms with E-state index < -0.39 is 11.9 Å². The second kappa shape index (κ2) is 10.2. The van der Waals surface area contributed by atoms with E-state index in [9.17, 15) is 18.0 Å². The highest BCUT2D eigenvalue weighted by molar-refractivity contribution is 7.99. The zero-order valence-corrected chi connectivity index (χ0v) is 18.3. The molecule has 3 rings (SSSR count). The molecule has 9 heteroatoms. The van der Waals surface area contributed by atoms with Gasteiger partial charge < -0.3 is 15.0 Å². The lowest BCUT2D eigenvalue weighted by Crippen LogP contribution is -2.49. The molecular formula is C21H30F3N3O2S. The summed E-state index contributed by atoms with van der Waals surface area (Å²) in [6.45, 7) is 8.41. The highest BCUT2D eigenvalue weighted by Crippen LogP contribution is 2.32. The number of amides is 2. The Morgan fingerprint density at radius 2 is 1.80 bits per heavy atom. The molecule has 0 saturated carbocycles. The minimum absolute atomic E-state index is 0.245. The molecule has 0 aromatic heterocycles. The zero-order chi connectivity index (χ0) is 21.7. The maximum atomic E-state index is 12.7. The molecule has 168 valence electrons. The number of hydrogen-bond acceptors (Lipinski definition) is 4. The number of para-hydroxylation sites is 1. The lowest BCUT2D eigenvalue weighted by molar-refractivity contribution is -0.105. The predicted octanol–water partition coefficient (Wildman–Crippen LogP) is 4.69. The number of morpholine rings is 1. The Morgan fingerprint density at radius 3 is 2.43 bits per heavy atom. The van der Waals surface area contributed by atoms with Crippen LogP contribution in [-0.4, -0.2) is 72.7 Å². The first kappa shape index (κ1) is 23.2. The van der Waals surface area contributed by atoms with Crippen molar-refractivity contribution in [2.45, 2.75) is 50.0 Å². The summed E-state index contributed by atoms with van der Waals surface area (Å²) in [6.07, 6.45) is -1.90. The summed E-state index contributed by atoms with van der Waals surface area (Å²) in [4.78, 5) is 17.3. The standard InChI is InChI=1S/C21H30F3N3O2S/c1-15-11-26(12-16(2)29-15)13-17-7-9-27(10-8-17)20(28)25-18-5-3-4-6-19(18)30-14-21(22,23)24/h3-6,15-17H,7-14H2,1-2H3,(H,25,28). The average Bonchev–Trinajstić information content (AvgIpc) is 2.66. The van der Waals surface area contributed by atoms with E-state index in [0.29, 0.717) is 41.4 Å². The summed E-state index contributed by atoms with van der Waals surface area (Å²) in [5, 5.41) is 2.80. The van der Waals surface area contributed by atoms with Crippen LogP contribution < -0.4 is 5.32 Å². The van der Waals surface area contributed by atoms with Crippen LogP contribution in [0.15, 0.2) is 29.2 Å². The Labute approximate surface area is 180 Å². The van der Waals surface area contributed by atoms with Crippen LogP contribution in [0.1, 0.15) is 26.7 Å². The van der Waals surface area contributed by atoms with Crippen molar-refractivity contribution in [3.8, 4) is 0 Å². The Balaban J connectivity index is 1.48. The first-order valence-electron chi connectivity index (χ1n) is 10.4. The lowest BCUT2D eigenvalue weighted by atomic mass is 9.96. The molecule has 0 radical (unpaired) electrons. The fourth-order valence-electron chi connectivity index (χ4n) is 4.17. The van der Waals surface area contributed by atoms with Crippen LogP contribution in [0.3, 0.4) is 0 Å². The summed E-state index contributed by atoms with van der Waals surface area (Å²) in [5.41, 5.74) is 0.426. The van der Waals surface area contributed by atoms with Crippen LogP contribution in [-0.2, 0) is 4.74 Å². The normalized spacial score (nSPS) is 24.1. The number of benzene rings is 1.